The summed E-state index contributed by atoms with van der Waals surface area (Å²) in [7, 11) is 0. The largest absolute Gasteiger partial charge is 0.489 e. The third-order valence-electron chi connectivity index (χ3n) is 6.34. The molecule has 1 aromatic heterocycles. The van der Waals surface area contributed by atoms with Crippen LogP contribution in [0.25, 0.3) is 11.0 Å². The van der Waals surface area contributed by atoms with E-state index in [-0.39, 0.29) is 22.3 Å². The molecular formula is C30H19ClFNO4. The first-order chi connectivity index (χ1) is 18.0. The third-order valence-corrected chi connectivity index (χ3v) is 6.58. The summed E-state index contributed by atoms with van der Waals surface area (Å²) in [6.45, 7) is 0.356. The maximum absolute atomic E-state index is 14.0. The van der Waals surface area contributed by atoms with Gasteiger partial charge in [-0.2, -0.15) is 0 Å². The molecule has 0 saturated carbocycles. The van der Waals surface area contributed by atoms with E-state index in [4.69, 9.17) is 20.8 Å². The number of amides is 1. The molecule has 0 fully saturated rings. The number of carbonyl (C=O) groups is 1. The van der Waals surface area contributed by atoms with Crippen molar-refractivity contribution < 1.29 is 18.3 Å². The van der Waals surface area contributed by atoms with Crippen molar-refractivity contribution in [2.24, 2.45) is 0 Å². The lowest BCUT2D eigenvalue weighted by Gasteiger charge is -2.25. The zero-order valence-corrected chi connectivity index (χ0v) is 20.1. The molecular weight excluding hydrogens is 493 g/mol. The summed E-state index contributed by atoms with van der Waals surface area (Å²) < 4.78 is 25.9. The van der Waals surface area contributed by atoms with E-state index in [1.54, 1.807) is 36.4 Å². The Morgan fingerprint density at radius 2 is 1.70 bits per heavy atom. The summed E-state index contributed by atoms with van der Waals surface area (Å²) in [6, 6.07) is 26.6. The van der Waals surface area contributed by atoms with Gasteiger partial charge in [-0.25, -0.2) is 4.39 Å². The number of ether oxygens (including phenoxy) is 1. The molecule has 2 heterocycles. The number of rotatable bonds is 5. The van der Waals surface area contributed by atoms with Crippen molar-refractivity contribution in [2.75, 3.05) is 4.90 Å². The molecule has 1 atom stereocenters. The van der Waals surface area contributed by atoms with Crippen LogP contribution >= 0.6 is 11.6 Å². The summed E-state index contributed by atoms with van der Waals surface area (Å²) >= 11 is 6.25. The molecule has 4 aromatic carbocycles. The second-order valence-corrected chi connectivity index (χ2v) is 9.16. The van der Waals surface area contributed by atoms with Gasteiger partial charge in [0.05, 0.1) is 17.0 Å². The van der Waals surface area contributed by atoms with Crippen molar-refractivity contribution in [3.05, 3.63) is 141 Å². The standard InChI is InChI=1S/C30H19ClFNO4/c31-20-9-5-10-22(15-20)33-27(19-8-4-11-23(14-19)36-17-18-6-2-1-3-7-18)26-28(34)24-16-21(32)12-13-25(24)37-29(26)30(33)35/h1-16,27H,17H2. The minimum absolute atomic E-state index is 0.0703. The second-order valence-electron chi connectivity index (χ2n) is 8.72. The van der Waals surface area contributed by atoms with Crippen LogP contribution in [0.5, 0.6) is 5.75 Å². The normalized spacial score (nSPS) is 14.7. The molecule has 37 heavy (non-hydrogen) atoms. The van der Waals surface area contributed by atoms with Crippen LogP contribution in [-0.2, 0) is 6.61 Å². The van der Waals surface area contributed by atoms with Gasteiger partial charge in [-0.3, -0.25) is 14.5 Å². The molecule has 7 heteroatoms. The first-order valence-electron chi connectivity index (χ1n) is 11.6. The highest BCUT2D eigenvalue weighted by Crippen LogP contribution is 2.42. The number of anilines is 1. The van der Waals surface area contributed by atoms with E-state index < -0.39 is 23.2 Å². The second kappa shape index (κ2) is 9.22. The SMILES string of the molecule is O=C1c2oc3ccc(F)cc3c(=O)c2C(c2cccc(OCc3ccccc3)c2)N1c1cccc(Cl)c1. The van der Waals surface area contributed by atoms with Gasteiger partial charge < -0.3 is 9.15 Å². The zero-order valence-electron chi connectivity index (χ0n) is 19.4. The first kappa shape index (κ1) is 23.0. The predicted octanol–water partition coefficient (Wildman–Crippen LogP) is 6.91. The van der Waals surface area contributed by atoms with Gasteiger partial charge in [-0.15, -0.1) is 0 Å². The van der Waals surface area contributed by atoms with E-state index in [1.165, 1.54) is 17.0 Å². The smallest absolute Gasteiger partial charge is 0.295 e. The molecule has 1 aliphatic rings. The lowest BCUT2D eigenvalue weighted by molar-refractivity contribution is 0.0971. The van der Waals surface area contributed by atoms with Crippen LogP contribution in [0.15, 0.2) is 106 Å². The van der Waals surface area contributed by atoms with Crippen molar-refractivity contribution in [2.45, 2.75) is 12.6 Å². The Morgan fingerprint density at radius 3 is 2.51 bits per heavy atom. The molecule has 182 valence electrons. The van der Waals surface area contributed by atoms with Crippen molar-refractivity contribution in [3.63, 3.8) is 0 Å². The summed E-state index contributed by atoms with van der Waals surface area (Å²) in [5.41, 5.74) is 1.96. The number of halogens is 2. The van der Waals surface area contributed by atoms with Crippen LogP contribution in [-0.4, -0.2) is 5.91 Å². The Bertz CT molecular complexity index is 1720. The van der Waals surface area contributed by atoms with Crippen LogP contribution in [0.3, 0.4) is 0 Å². The minimum atomic E-state index is -0.829. The summed E-state index contributed by atoms with van der Waals surface area (Å²) in [4.78, 5) is 28.9. The van der Waals surface area contributed by atoms with Gasteiger partial charge in [-0.1, -0.05) is 60.1 Å². The number of nitrogens with zero attached hydrogens (tertiary/aromatic N) is 1. The lowest BCUT2D eigenvalue weighted by Crippen LogP contribution is -2.29. The molecule has 6 rings (SSSR count). The Labute approximate surface area is 216 Å². The Hall–Kier alpha value is -4.42. The van der Waals surface area contributed by atoms with Gasteiger partial charge in [0.15, 0.2) is 5.43 Å². The van der Waals surface area contributed by atoms with Crippen molar-refractivity contribution in [3.8, 4) is 5.75 Å². The quantitative estimate of drug-likeness (QED) is 0.257. The molecule has 5 nitrogen and oxygen atoms in total. The minimum Gasteiger partial charge on any atom is -0.489 e. The van der Waals surface area contributed by atoms with Gasteiger partial charge in [0, 0.05) is 10.7 Å². The summed E-state index contributed by atoms with van der Waals surface area (Å²) in [6.07, 6.45) is 0. The number of carbonyl (C=O) groups excluding carboxylic acids is 1. The summed E-state index contributed by atoms with van der Waals surface area (Å²) in [5.74, 6) is -0.556. The first-order valence-corrected chi connectivity index (χ1v) is 12.0. The van der Waals surface area contributed by atoms with Gasteiger partial charge in [-0.05, 0) is 59.7 Å². The van der Waals surface area contributed by atoms with E-state index >= 15 is 0 Å². The fourth-order valence-electron chi connectivity index (χ4n) is 4.67. The van der Waals surface area contributed by atoms with E-state index in [0.717, 1.165) is 11.6 Å². The van der Waals surface area contributed by atoms with Crippen LogP contribution in [0, 0.1) is 5.82 Å². The number of fused-ring (bicyclic) bond motifs is 2. The van der Waals surface area contributed by atoms with Crippen LogP contribution in [0.1, 0.15) is 33.3 Å². The van der Waals surface area contributed by atoms with Crippen molar-refractivity contribution in [1.29, 1.82) is 0 Å². The number of hydrogen-bond donors (Lipinski definition) is 0. The summed E-state index contributed by atoms with van der Waals surface area (Å²) in [5, 5.41) is 0.507. The molecule has 5 aromatic rings. The van der Waals surface area contributed by atoms with Crippen LogP contribution in [0.4, 0.5) is 10.1 Å². The highest BCUT2D eigenvalue weighted by molar-refractivity contribution is 6.31. The van der Waals surface area contributed by atoms with Crippen molar-refractivity contribution >= 4 is 34.2 Å². The fraction of sp³-hybridized carbons (Fsp3) is 0.0667. The van der Waals surface area contributed by atoms with Gasteiger partial charge in [0.1, 0.15) is 23.8 Å². The van der Waals surface area contributed by atoms with E-state index in [2.05, 4.69) is 0 Å². The topological polar surface area (TPSA) is 59.8 Å². The van der Waals surface area contributed by atoms with E-state index in [1.807, 2.05) is 42.5 Å². The predicted molar refractivity (Wildman–Crippen MR) is 140 cm³/mol. The van der Waals surface area contributed by atoms with Gasteiger partial charge >= 0.3 is 0 Å². The Balaban J connectivity index is 1.50. The highest BCUT2D eigenvalue weighted by atomic mass is 35.5. The van der Waals surface area contributed by atoms with Crippen molar-refractivity contribution in [1.82, 2.24) is 0 Å². The third kappa shape index (κ3) is 4.15. The maximum atomic E-state index is 14.0. The zero-order chi connectivity index (χ0) is 25.5. The molecule has 0 aliphatic carbocycles. The average Bonchev–Trinajstić information content (AvgIpc) is 3.21. The lowest BCUT2D eigenvalue weighted by atomic mass is 9.98. The molecule has 0 bridgehead atoms. The molecule has 1 aliphatic heterocycles. The molecule has 1 amide bonds. The maximum Gasteiger partial charge on any atom is 0.295 e. The fourth-order valence-corrected chi connectivity index (χ4v) is 4.85. The number of benzene rings is 4. The van der Waals surface area contributed by atoms with E-state index in [9.17, 15) is 14.0 Å². The Kier molecular flexibility index (Phi) is 5.74. The molecule has 0 N–H and O–H groups in total. The molecule has 1 unspecified atom stereocenters. The van der Waals surface area contributed by atoms with Crippen LogP contribution < -0.4 is 15.1 Å². The van der Waals surface area contributed by atoms with Crippen LogP contribution in [0.2, 0.25) is 5.02 Å². The average molecular weight is 512 g/mol. The number of hydrogen-bond acceptors (Lipinski definition) is 4. The van der Waals surface area contributed by atoms with E-state index in [0.29, 0.717) is 28.6 Å². The monoisotopic (exact) mass is 511 g/mol. The molecule has 0 saturated heterocycles. The van der Waals surface area contributed by atoms with Gasteiger partial charge in [0.2, 0.25) is 5.76 Å². The van der Waals surface area contributed by atoms with Gasteiger partial charge in [0.25, 0.3) is 5.91 Å². The Morgan fingerprint density at radius 1 is 0.892 bits per heavy atom. The molecule has 0 radical (unpaired) electrons. The highest BCUT2D eigenvalue weighted by Gasteiger charge is 2.43. The molecule has 0 spiro atoms.